The first-order valence-electron chi connectivity index (χ1n) is 8.24. The molecular formula is C19H25N. The smallest absolute Gasteiger partial charge is 0.0280 e. The van der Waals surface area contributed by atoms with Crippen molar-refractivity contribution in [3.05, 3.63) is 34.9 Å². The van der Waals surface area contributed by atoms with Crippen LogP contribution in [0.3, 0.4) is 0 Å². The minimum absolute atomic E-state index is 0.861. The van der Waals surface area contributed by atoms with Crippen molar-refractivity contribution in [3.63, 3.8) is 0 Å². The summed E-state index contributed by atoms with van der Waals surface area (Å²) in [5, 5.41) is 3.48. The second kappa shape index (κ2) is 6.95. The Labute approximate surface area is 123 Å². The third-order valence-electron chi connectivity index (χ3n) is 4.73. The predicted molar refractivity (Wildman–Crippen MR) is 84.8 cm³/mol. The molecule has 0 amide bonds. The van der Waals surface area contributed by atoms with E-state index in [-0.39, 0.29) is 0 Å². The van der Waals surface area contributed by atoms with Gasteiger partial charge in [-0.15, -0.1) is 0 Å². The normalized spacial score (nSPS) is 19.6. The van der Waals surface area contributed by atoms with E-state index >= 15 is 0 Å². The van der Waals surface area contributed by atoms with E-state index in [9.17, 15) is 0 Å². The molecule has 1 heterocycles. The van der Waals surface area contributed by atoms with Crippen molar-refractivity contribution in [2.45, 2.75) is 51.4 Å². The first-order chi connectivity index (χ1) is 9.93. The van der Waals surface area contributed by atoms with Crippen LogP contribution in [0.5, 0.6) is 0 Å². The van der Waals surface area contributed by atoms with E-state index in [0.717, 1.165) is 38.3 Å². The summed E-state index contributed by atoms with van der Waals surface area (Å²) in [5.74, 6) is 7.80. The summed E-state index contributed by atoms with van der Waals surface area (Å²) in [6, 6.07) is 6.65. The van der Waals surface area contributed by atoms with Crippen LogP contribution >= 0.6 is 0 Å². The molecular weight excluding hydrogens is 242 g/mol. The molecule has 1 aromatic rings. The van der Waals surface area contributed by atoms with Gasteiger partial charge in [0.25, 0.3) is 0 Å². The summed E-state index contributed by atoms with van der Waals surface area (Å²) >= 11 is 0. The second-order valence-electron chi connectivity index (χ2n) is 6.20. The number of hydrogen-bond donors (Lipinski definition) is 1. The van der Waals surface area contributed by atoms with Crippen LogP contribution in [0.1, 0.15) is 55.2 Å². The lowest BCUT2D eigenvalue weighted by atomic mass is 9.87. The average Bonchev–Trinajstić information content (AvgIpc) is 2.74. The molecule has 0 bridgehead atoms. The topological polar surface area (TPSA) is 12.0 Å². The van der Waals surface area contributed by atoms with Gasteiger partial charge in [0.1, 0.15) is 0 Å². The molecule has 1 fully saturated rings. The van der Waals surface area contributed by atoms with E-state index in [2.05, 4.69) is 35.4 Å². The summed E-state index contributed by atoms with van der Waals surface area (Å²) in [7, 11) is 0. The number of nitrogens with one attached hydrogen (secondary N) is 1. The quantitative estimate of drug-likeness (QED) is 0.765. The lowest BCUT2D eigenvalue weighted by Gasteiger charge is -2.18. The van der Waals surface area contributed by atoms with Gasteiger partial charge in [0.05, 0.1) is 0 Å². The summed E-state index contributed by atoms with van der Waals surface area (Å²) in [6.45, 7) is 2.19. The lowest BCUT2D eigenvalue weighted by molar-refractivity contribution is 0.365. The van der Waals surface area contributed by atoms with E-state index in [1.807, 2.05) is 0 Å². The van der Waals surface area contributed by atoms with Gasteiger partial charge in [-0.3, -0.25) is 0 Å². The first-order valence-corrected chi connectivity index (χ1v) is 8.24. The molecule has 1 nitrogen and oxygen atoms in total. The average molecular weight is 267 g/mol. The summed E-state index contributed by atoms with van der Waals surface area (Å²) in [4.78, 5) is 0. The molecule has 1 heteroatoms. The van der Waals surface area contributed by atoms with Gasteiger partial charge in [0.2, 0.25) is 0 Å². The third kappa shape index (κ3) is 3.44. The molecule has 0 saturated heterocycles. The minimum Gasteiger partial charge on any atom is -0.316 e. The number of benzene rings is 1. The van der Waals surface area contributed by atoms with Crippen LogP contribution in [0.4, 0.5) is 0 Å². The molecule has 0 spiro atoms. The Kier molecular flexibility index (Phi) is 4.77. The van der Waals surface area contributed by atoms with Crippen LogP contribution in [0.25, 0.3) is 0 Å². The zero-order valence-electron chi connectivity index (χ0n) is 12.4. The summed E-state index contributed by atoms with van der Waals surface area (Å²) in [5.41, 5.74) is 4.27. The lowest BCUT2D eigenvalue weighted by Crippen LogP contribution is -2.16. The van der Waals surface area contributed by atoms with E-state index in [0.29, 0.717) is 0 Å². The Bertz CT molecular complexity index is 500. The van der Waals surface area contributed by atoms with Crippen LogP contribution in [-0.2, 0) is 12.8 Å². The highest BCUT2D eigenvalue weighted by Gasteiger charge is 2.12. The van der Waals surface area contributed by atoms with Gasteiger partial charge in [0, 0.05) is 12.0 Å². The molecule has 1 N–H and O–H groups in total. The fourth-order valence-electron chi connectivity index (χ4n) is 3.52. The van der Waals surface area contributed by atoms with Crippen LogP contribution in [-0.4, -0.2) is 13.1 Å². The number of fused-ring (bicyclic) bond motifs is 1. The Morgan fingerprint density at radius 2 is 1.90 bits per heavy atom. The maximum Gasteiger partial charge on any atom is 0.0280 e. The van der Waals surface area contributed by atoms with Crippen molar-refractivity contribution in [2.24, 2.45) is 5.92 Å². The van der Waals surface area contributed by atoms with Gasteiger partial charge in [0.15, 0.2) is 0 Å². The van der Waals surface area contributed by atoms with E-state index in [1.54, 1.807) is 0 Å². The third-order valence-corrected chi connectivity index (χ3v) is 4.73. The highest BCUT2D eigenvalue weighted by atomic mass is 14.8. The molecule has 3 rings (SSSR count). The first kappa shape index (κ1) is 13.7. The predicted octanol–water partition coefficient (Wildman–Crippen LogP) is 3.70. The summed E-state index contributed by atoms with van der Waals surface area (Å²) < 4.78 is 0. The van der Waals surface area contributed by atoms with Crippen LogP contribution in [0.15, 0.2) is 18.2 Å². The zero-order chi connectivity index (χ0) is 13.6. The molecule has 0 unspecified atom stereocenters. The maximum absolute atomic E-state index is 3.48. The number of hydrogen-bond acceptors (Lipinski definition) is 1. The molecule has 106 valence electrons. The molecule has 2 aliphatic rings. The molecule has 0 atom stereocenters. The van der Waals surface area contributed by atoms with Crippen LogP contribution in [0.2, 0.25) is 0 Å². The second-order valence-corrected chi connectivity index (χ2v) is 6.20. The van der Waals surface area contributed by atoms with Gasteiger partial charge < -0.3 is 5.32 Å². The molecule has 1 aromatic carbocycles. The largest absolute Gasteiger partial charge is 0.316 e. The van der Waals surface area contributed by atoms with E-state index in [1.165, 1.54) is 48.8 Å². The molecule has 1 aliphatic carbocycles. The Morgan fingerprint density at radius 3 is 2.80 bits per heavy atom. The van der Waals surface area contributed by atoms with Crippen molar-refractivity contribution in [2.75, 3.05) is 13.1 Å². The Balaban J connectivity index is 1.71. The minimum atomic E-state index is 0.861. The fourth-order valence-corrected chi connectivity index (χ4v) is 3.52. The SMILES string of the molecule is C(#Cc1cccc2c1CCNCC2)CC1CCCCC1. The molecule has 0 radical (unpaired) electrons. The monoisotopic (exact) mass is 267 g/mol. The molecule has 0 aromatic heterocycles. The van der Waals surface area contributed by atoms with Gasteiger partial charge in [-0.2, -0.15) is 0 Å². The number of rotatable bonds is 1. The van der Waals surface area contributed by atoms with Gasteiger partial charge in [-0.05, 0) is 61.9 Å². The Hall–Kier alpha value is -1.26. The molecule has 1 saturated carbocycles. The fraction of sp³-hybridized carbons (Fsp3) is 0.579. The van der Waals surface area contributed by atoms with Gasteiger partial charge in [-0.25, -0.2) is 0 Å². The molecule has 1 aliphatic heterocycles. The maximum atomic E-state index is 3.48. The highest BCUT2D eigenvalue weighted by molar-refractivity contribution is 5.46. The zero-order valence-corrected chi connectivity index (χ0v) is 12.4. The van der Waals surface area contributed by atoms with Crippen molar-refractivity contribution in [3.8, 4) is 11.8 Å². The highest BCUT2D eigenvalue weighted by Crippen LogP contribution is 2.26. The van der Waals surface area contributed by atoms with Crippen molar-refractivity contribution in [1.29, 1.82) is 0 Å². The van der Waals surface area contributed by atoms with E-state index in [4.69, 9.17) is 0 Å². The van der Waals surface area contributed by atoms with Crippen LogP contribution in [0, 0.1) is 17.8 Å². The van der Waals surface area contributed by atoms with Gasteiger partial charge >= 0.3 is 0 Å². The van der Waals surface area contributed by atoms with Crippen LogP contribution < -0.4 is 5.32 Å². The summed E-state index contributed by atoms with van der Waals surface area (Å²) in [6.07, 6.45) is 10.4. The van der Waals surface area contributed by atoms with E-state index < -0.39 is 0 Å². The molecule has 20 heavy (non-hydrogen) atoms. The van der Waals surface area contributed by atoms with Crippen molar-refractivity contribution >= 4 is 0 Å². The van der Waals surface area contributed by atoms with Gasteiger partial charge in [-0.1, -0.05) is 43.2 Å². The van der Waals surface area contributed by atoms with Crippen molar-refractivity contribution < 1.29 is 0 Å². The standard InChI is InChI=1S/C19H25N/c1-2-6-16(7-3-1)8-4-9-17-10-5-11-18-12-14-20-15-13-19(17)18/h5,10-11,16,20H,1-3,6-8,12-15H2. The van der Waals surface area contributed by atoms with Crippen molar-refractivity contribution in [1.82, 2.24) is 5.32 Å². The Morgan fingerprint density at radius 1 is 1.05 bits per heavy atom.